The van der Waals surface area contributed by atoms with Crippen LogP contribution in [0.1, 0.15) is 12.0 Å². The van der Waals surface area contributed by atoms with Crippen molar-refractivity contribution < 1.29 is 4.39 Å². The minimum Gasteiger partial charge on any atom is -0.336 e. The monoisotopic (exact) mass is 491 g/mol. The molecule has 4 heterocycles. The second kappa shape index (κ2) is 9.55. The van der Waals surface area contributed by atoms with E-state index in [1.165, 1.54) is 17.7 Å². The predicted octanol–water partition coefficient (Wildman–Crippen LogP) is 5.86. The number of imidazole rings is 1. The van der Waals surface area contributed by atoms with Crippen LogP contribution in [-0.2, 0) is 6.42 Å². The average Bonchev–Trinajstić information content (AvgIpc) is 3.52. The molecule has 184 valence electrons. The Morgan fingerprint density at radius 1 is 0.865 bits per heavy atom. The molecule has 8 heteroatoms. The van der Waals surface area contributed by atoms with Gasteiger partial charge in [-0.1, -0.05) is 24.3 Å². The minimum atomic E-state index is -0.281. The van der Waals surface area contributed by atoms with E-state index in [-0.39, 0.29) is 5.82 Å². The van der Waals surface area contributed by atoms with Crippen LogP contribution in [0.5, 0.6) is 0 Å². The van der Waals surface area contributed by atoms with Crippen LogP contribution < -0.4 is 0 Å². The number of nitrogens with zero attached hydrogens (tertiary/aromatic N) is 5. The van der Waals surface area contributed by atoms with Crippen LogP contribution in [0, 0.1) is 5.82 Å². The van der Waals surface area contributed by atoms with Crippen molar-refractivity contribution in [3.05, 3.63) is 84.4 Å². The third kappa shape index (κ3) is 4.59. The summed E-state index contributed by atoms with van der Waals surface area (Å²) >= 11 is 0. The quantitative estimate of drug-likeness (QED) is 0.292. The van der Waals surface area contributed by atoms with Gasteiger partial charge in [-0.15, -0.1) is 0 Å². The fourth-order valence-corrected chi connectivity index (χ4v) is 4.62. The lowest BCUT2D eigenvalue weighted by molar-refractivity contribution is 0.400. The molecule has 2 aromatic carbocycles. The van der Waals surface area contributed by atoms with Gasteiger partial charge >= 0.3 is 0 Å². The summed E-state index contributed by atoms with van der Waals surface area (Å²) in [5.74, 6) is 0.321. The Morgan fingerprint density at radius 2 is 1.76 bits per heavy atom. The summed E-state index contributed by atoms with van der Waals surface area (Å²) in [6.07, 6.45) is 5.80. The number of pyridine rings is 2. The molecule has 0 atom stereocenters. The summed E-state index contributed by atoms with van der Waals surface area (Å²) in [6, 6.07) is 18.5. The van der Waals surface area contributed by atoms with E-state index < -0.39 is 0 Å². The Hall–Kier alpha value is -4.43. The normalized spacial score (nSPS) is 11.7. The van der Waals surface area contributed by atoms with Gasteiger partial charge in [-0.25, -0.2) is 14.4 Å². The predicted molar refractivity (Wildman–Crippen MR) is 144 cm³/mol. The Morgan fingerprint density at radius 3 is 2.62 bits per heavy atom. The van der Waals surface area contributed by atoms with Gasteiger partial charge in [0.2, 0.25) is 0 Å². The SMILES string of the molecule is CN(C)CCCc1cncc(-c2ccc3[nH]nc(-c4nc5c(-c6cccc(F)c6)cccc5[nH]4)c3n2)c1. The third-order valence-corrected chi connectivity index (χ3v) is 6.44. The number of fused-ring (bicyclic) bond motifs is 2. The number of aryl methyl sites for hydroxylation is 1. The maximum Gasteiger partial charge on any atom is 0.161 e. The zero-order valence-electron chi connectivity index (χ0n) is 20.7. The number of H-pyrrole nitrogens is 2. The van der Waals surface area contributed by atoms with Gasteiger partial charge < -0.3 is 9.88 Å². The van der Waals surface area contributed by atoms with Crippen LogP contribution in [0.2, 0.25) is 0 Å². The summed E-state index contributed by atoms with van der Waals surface area (Å²) in [6.45, 7) is 1.03. The highest BCUT2D eigenvalue weighted by atomic mass is 19.1. The number of para-hydroxylation sites is 1. The first-order valence-electron chi connectivity index (χ1n) is 12.2. The smallest absolute Gasteiger partial charge is 0.161 e. The second-order valence-electron chi connectivity index (χ2n) is 9.45. The first-order valence-corrected chi connectivity index (χ1v) is 12.2. The van der Waals surface area contributed by atoms with Crippen LogP contribution >= 0.6 is 0 Å². The molecule has 0 spiro atoms. The molecule has 0 unspecified atom stereocenters. The molecule has 0 fully saturated rings. The average molecular weight is 492 g/mol. The maximum atomic E-state index is 13.9. The number of rotatable bonds is 7. The molecule has 0 aliphatic rings. The van der Waals surface area contributed by atoms with Crippen molar-refractivity contribution in [1.82, 2.24) is 35.0 Å². The number of aromatic nitrogens is 6. The number of benzene rings is 2. The molecule has 0 bridgehead atoms. The Labute approximate surface area is 213 Å². The van der Waals surface area contributed by atoms with Gasteiger partial charge in [0.05, 0.1) is 22.2 Å². The van der Waals surface area contributed by atoms with Gasteiger partial charge in [-0.3, -0.25) is 10.1 Å². The fourth-order valence-electron chi connectivity index (χ4n) is 4.62. The highest BCUT2D eigenvalue weighted by Crippen LogP contribution is 2.32. The summed E-state index contributed by atoms with van der Waals surface area (Å²) < 4.78 is 13.9. The molecular weight excluding hydrogens is 465 g/mol. The van der Waals surface area contributed by atoms with E-state index in [1.54, 1.807) is 6.07 Å². The molecule has 0 aliphatic heterocycles. The van der Waals surface area contributed by atoms with Crippen molar-refractivity contribution in [3.63, 3.8) is 0 Å². The van der Waals surface area contributed by atoms with E-state index in [0.29, 0.717) is 11.5 Å². The molecule has 7 nitrogen and oxygen atoms in total. The topological polar surface area (TPSA) is 86.4 Å². The third-order valence-electron chi connectivity index (χ3n) is 6.44. The largest absolute Gasteiger partial charge is 0.336 e. The highest BCUT2D eigenvalue weighted by molar-refractivity contribution is 5.96. The Balaban J connectivity index is 1.38. The molecular formula is C29H26FN7. The lowest BCUT2D eigenvalue weighted by atomic mass is 10.0. The standard InChI is InChI=1S/C29H26FN7/c1-37(2)13-5-6-18-14-20(17-31-16-18)23-11-12-25-27(32-23)28(36-35-25)29-33-24-10-4-9-22(26(24)34-29)19-7-3-8-21(30)15-19/h3-4,7-12,14-17H,5-6,13H2,1-2H3,(H,33,34)(H,35,36). The molecule has 4 aromatic heterocycles. The first-order chi connectivity index (χ1) is 18.0. The lowest BCUT2D eigenvalue weighted by Crippen LogP contribution is -2.13. The lowest BCUT2D eigenvalue weighted by Gasteiger charge is -2.09. The Bertz CT molecular complexity index is 1720. The summed E-state index contributed by atoms with van der Waals surface area (Å²) in [7, 11) is 4.17. The van der Waals surface area contributed by atoms with Crippen LogP contribution in [0.3, 0.4) is 0 Å². The van der Waals surface area contributed by atoms with Crippen LogP contribution in [-0.4, -0.2) is 55.7 Å². The van der Waals surface area contributed by atoms with Gasteiger partial charge in [0.1, 0.15) is 11.3 Å². The van der Waals surface area contributed by atoms with Crippen molar-refractivity contribution >= 4 is 22.1 Å². The highest BCUT2D eigenvalue weighted by Gasteiger charge is 2.17. The molecule has 0 radical (unpaired) electrons. The fraction of sp³-hybridized carbons (Fsp3) is 0.172. The number of hydrogen-bond donors (Lipinski definition) is 2. The molecule has 6 rings (SSSR count). The van der Waals surface area contributed by atoms with Crippen LogP contribution in [0.15, 0.2) is 73.1 Å². The van der Waals surface area contributed by atoms with E-state index in [2.05, 4.69) is 45.2 Å². The van der Waals surface area contributed by atoms with Crippen molar-refractivity contribution in [2.24, 2.45) is 0 Å². The summed E-state index contributed by atoms with van der Waals surface area (Å²) in [5.41, 5.74) is 8.39. The number of nitrogens with one attached hydrogen (secondary N) is 2. The van der Waals surface area contributed by atoms with Gasteiger partial charge in [-0.2, -0.15) is 5.10 Å². The zero-order chi connectivity index (χ0) is 25.4. The molecule has 0 saturated heterocycles. The molecule has 0 amide bonds. The maximum absolute atomic E-state index is 13.9. The van der Waals surface area contributed by atoms with Crippen molar-refractivity contribution in [2.45, 2.75) is 12.8 Å². The second-order valence-corrected chi connectivity index (χ2v) is 9.45. The van der Waals surface area contributed by atoms with E-state index in [9.17, 15) is 4.39 Å². The summed E-state index contributed by atoms with van der Waals surface area (Å²) in [4.78, 5) is 19.8. The minimum absolute atomic E-state index is 0.281. The van der Waals surface area contributed by atoms with E-state index in [0.717, 1.165) is 63.8 Å². The number of halogens is 1. The van der Waals surface area contributed by atoms with Gasteiger partial charge in [0, 0.05) is 23.5 Å². The van der Waals surface area contributed by atoms with Crippen molar-refractivity contribution in [2.75, 3.05) is 20.6 Å². The Kier molecular flexibility index (Phi) is 5.94. The van der Waals surface area contributed by atoms with Crippen LogP contribution in [0.4, 0.5) is 4.39 Å². The summed E-state index contributed by atoms with van der Waals surface area (Å²) in [5, 5.41) is 7.60. The van der Waals surface area contributed by atoms with Crippen molar-refractivity contribution in [3.8, 4) is 33.9 Å². The van der Waals surface area contributed by atoms with E-state index in [4.69, 9.17) is 9.97 Å². The van der Waals surface area contributed by atoms with Crippen molar-refractivity contribution in [1.29, 1.82) is 0 Å². The zero-order valence-corrected chi connectivity index (χ0v) is 20.7. The molecule has 6 aromatic rings. The molecule has 0 saturated carbocycles. The van der Waals surface area contributed by atoms with E-state index >= 15 is 0 Å². The number of aromatic amines is 2. The van der Waals surface area contributed by atoms with Crippen LogP contribution in [0.25, 0.3) is 56.0 Å². The van der Waals surface area contributed by atoms with Gasteiger partial charge in [0.15, 0.2) is 11.5 Å². The first kappa shape index (κ1) is 23.0. The van der Waals surface area contributed by atoms with Gasteiger partial charge in [-0.05, 0) is 81.0 Å². The number of hydrogen-bond acceptors (Lipinski definition) is 5. The molecule has 0 aliphatic carbocycles. The van der Waals surface area contributed by atoms with Gasteiger partial charge in [0.25, 0.3) is 0 Å². The van der Waals surface area contributed by atoms with E-state index in [1.807, 2.05) is 48.8 Å². The molecule has 37 heavy (non-hydrogen) atoms. The molecule has 2 N–H and O–H groups in total.